The Morgan fingerprint density at radius 3 is 2.53 bits per heavy atom. The number of anilines is 1. The summed E-state index contributed by atoms with van der Waals surface area (Å²) in [4.78, 5) is 7.35. The summed E-state index contributed by atoms with van der Waals surface area (Å²) in [5, 5.41) is -0.622. The van der Waals surface area contributed by atoms with Crippen molar-refractivity contribution in [3.63, 3.8) is 0 Å². The van der Waals surface area contributed by atoms with Crippen molar-refractivity contribution in [2.75, 3.05) is 5.73 Å². The average molecular weight is 280 g/mol. The quantitative estimate of drug-likeness (QED) is 0.870. The van der Waals surface area contributed by atoms with Gasteiger partial charge in [-0.2, -0.15) is 13.2 Å². The lowest BCUT2D eigenvalue weighted by molar-refractivity contribution is -0.137. The number of halogens is 4. The molecule has 0 saturated carbocycles. The minimum absolute atomic E-state index is 0.117. The van der Waals surface area contributed by atoms with Gasteiger partial charge in [0.15, 0.2) is 5.01 Å². The molecule has 0 fully saturated rings. The van der Waals surface area contributed by atoms with E-state index in [4.69, 9.17) is 17.3 Å². The molecule has 0 radical (unpaired) electrons. The van der Waals surface area contributed by atoms with E-state index in [9.17, 15) is 13.2 Å². The van der Waals surface area contributed by atoms with E-state index in [0.29, 0.717) is 21.9 Å². The number of hydrogen-bond acceptors (Lipinski definition) is 4. The highest BCUT2D eigenvalue weighted by molar-refractivity contribution is 7.15. The Bertz CT molecular complexity index is 553. The molecule has 2 aromatic heterocycles. The maximum Gasteiger partial charge on any atom is 0.443 e. The third kappa shape index (κ3) is 2.50. The maximum absolute atomic E-state index is 12.4. The topological polar surface area (TPSA) is 51.8 Å². The predicted molar refractivity (Wildman–Crippen MR) is 59.8 cm³/mol. The predicted octanol–water partition coefficient (Wildman–Crippen LogP) is 3.46. The van der Waals surface area contributed by atoms with E-state index in [1.54, 1.807) is 0 Å². The Labute approximate surface area is 103 Å². The molecule has 0 aliphatic carbocycles. The number of alkyl halides is 3. The smallest absolute Gasteiger partial charge is 0.383 e. The van der Waals surface area contributed by atoms with E-state index in [1.807, 2.05) is 0 Å². The Morgan fingerprint density at radius 2 is 1.94 bits per heavy atom. The van der Waals surface area contributed by atoms with Gasteiger partial charge in [-0.05, 0) is 6.07 Å². The van der Waals surface area contributed by atoms with Crippen LogP contribution in [-0.2, 0) is 6.18 Å². The van der Waals surface area contributed by atoms with Crippen molar-refractivity contribution in [1.29, 1.82) is 0 Å². The van der Waals surface area contributed by atoms with Gasteiger partial charge in [0.25, 0.3) is 0 Å². The first kappa shape index (κ1) is 12.1. The molecule has 0 atom stereocenters. The Morgan fingerprint density at radius 1 is 1.24 bits per heavy atom. The molecule has 17 heavy (non-hydrogen) atoms. The van der Waals surface area contributed by atoms with E-state index in [0.717, 1.165) is 6.20 Å². The van der Waals surface area contributed by atoms with Crippen LogP contribution in [0.25, 0.3) is 10.4 Å². The van der Waals surface area contributed by atoms with Gasteiger partial charge in [0.1, 0.15) is 5.82 Å². The van der Waals surface area contributed by atoms with Gasteiger partial charge in [0.2, 0.25) is 0 Å². The third-order valence-electron chi connectivity index (χ3n) is 1.90. The van der Waals surface area contributed by atoms with Gasteiger partial charge in [0.05, 0.1) is 9.90 Å². The van der Waals surface area contributed by atoms with Gasteiger partial charge in [-0.1, -0.05) is 11.6 Å². The van der Waals surface area contributed by atoms with Crippen LogP contribution < -0.4 is 5.73 Å². The number of aromatic nitrogens is 2. The molecule has 0 spiro atoms. The van der Waals surface area contributed by atoms with E-state index < -0.39 is 11.2 Å². The normalized spacial score (nSPS) is 11.8. The second-order valence-electron chi connectivity index (χ2n) is 3.11. The van der Waals surface area contributed by atoms with Gasteiger partial charge in [-0.15, -0.1) is 11.3 Å². The number of nitrogens with two attached hydrogens (primary N) is 1. The summed E-state index contributed by atoms with van der Waals surface area (Å²) in [6.07, 6.45) is -2.02. The van der Waals surface area contributed by atoms with Gasteiger partial charge in [-0.25, -0.2) is 9.97 Å². The highest BCUT2D eigenvalue weighted by atomic mass is 35.5. The number of nitrogen functional groups attached to an aromatic ring is 1. The first-order chi connectivity index (χ1) is 7.88. The molecule has 0 amide bonds. The van der Waals surface area contributed by atoms with Crippen molar-refractivity contribution in [2.45, 2.75) is 6.18 Å². The fraction of sp³-hybridized carbons (Fsp3) is 0.111. The molecular formula is C9H5ClF3N3S. The number of pyridine rings is 1. The standard InChI is InChI=1S/C9H5ClF3N3S/c10-4-1-5(7(14)15-2-4)6-3-16-8(17-6)9(11,12)13/h1-3H,(H2,14,15). The van der Waals surface area contributed by atoms with Crippen LogP contribution in [0.3, 0.4) is 0 Å². The summed E-state index contributed by atoms with van der Waals surface area (Å²) in [6.45, 7) is 0. The fourth-order valence-corrected chi connectivity index (χ4v) is 2.14. The molecule has 2 aromatic rings. The summed E-state index contributed by atoms with van der Waals surface area (Å²) < 4.78 is 37.1. The molecule has 8 heteroatoms. The van der Waals surface area contributed by atoms with Gasteiger partial charge in [0, 0.05) is 18.0 Å². The van der Waals surface area contributed by atoms with E-state index in [1.165, 1.54) is 12.3 Å². The summed E-state index contributed by atoms with van der Waals surface area (Å²) in [6, 6.07) is 1.46. The van der Waals surface area contributed by atoms with Crippen molar-refractivity contribution >= 4 is 28.8 Å². The molecule has 0 saturated heterocycles. The van der Waals surface area contributed by atoms with Crippen molar-refractivity contribution in [3.8, 4) is 10.4 Å². The summed E-state index contributed by atoms with van der Waals surface area (Å²) >= 11 is 6.21. The first-order valence-corrected chi connectivity index (χ1v) is 5.52. The minimum atomic E-state index is -4.45. The van der Waals surface area contributed by atoms with Crippen LogP contribution in [0.5, 0.6) is 0 Å². The summed E-state index contributed by atoms with van der Waals surface area (Å²) in [5.41, 5.74) is 5.92. The monoisotopic (exact) mass is 279 g/mol. The fourth-order valence-electron chi connectivity index (χ4n) is 1.18. The average Bonchev–Trinajstić information content (AvgIpc) is 2.70. The van der Waals surface area contributed by atoms with Crippen LogP contribution in [0.4, 0.5) is 19.0 Å². The molecule has 3 nitrogen and oxygen atoms in total. The zero-order valence-electron chi connectivity index (χ0n) is 8.12. The Balaban J connectivity index is 2.47. The lowest BCUT2D eigenvalue weighted by atomic mass is 10.2. The van der Waals surface area contributed by atoms with Crippen LogP contribution >= 0.6 is 22.9 Å². The third-order valence-corrected chi connectivity index (χ3v) is 3.18. The van der Waals surface area contributed by atoms with Crippen molar-refractivity contribution in [1.82, 2.24) is 9.97 Å². The van der Waals surface area contributed by atoms with Gasteiger partial charge < -0.3 is 5.73 Å². The SMILES string of the molecule is Nc1ncc(Cl)cc1-c1cnc(C(F)(F)F)s1. The lowest BCUT2D eigenvalue weighted by Gasteiger charge is -2.02. The Kier molecular flexibility index (Phi) is 2.96. The molecular weight excluding hydrogens is 275 g/mol. The summed E-state index contributed by atoms with van der Waals surface area (Å²) in [5.74, 6) is 0.117. The number of hydrogen-bond donors (Lipinski definition) is 1. The highest BCUT2D eigenvalue weighted by Gasteiger charge is 2.34. The maximum atomic E-state index is 12.4. The van der Waals surface area contributed by atoms with Crippen LogP contribution in [0.2, 0.25) is 5.02 Å². The van der Waals surface area contributed by atoms with E-state index >= 15 is 0 Å². The second-order valence-corrected chi connectivity index (χ2v) is 4.58. The van der Waals surface area contributed by atoms with Crippen LogP contribution in [0.1, 0.15) is 5.01 Å². The van der Waals surface area contributed by atoms with Crippen molar-refractivity contribution < 1.29 is 13.2 Å². The molecule has 2 heterocycles. The molecule has 90 valence electrons. The molecule has 2 rings (SSSR count). The first-order valence-electron chi connectivity index (χ1n) is 4.32. The zero-order chi connectivity index (χ0) is 12.6. The number of nitrogens with zero attached hydrogens (tertiary/aromatic N) is 2. The number of rotatable bonds is 1. The molecule has 0 unspecified atom stereocenters. The van der Waals surface area contributed by atoms with Crippen molar-refractivity contribution in [3.05, 3.63) is 28.5 Å². The molecule has 0 aliphatic heterocycles. The van der Waals surface area contributed by atoms with E-state index in [-0.39, 0.29) is 10.7 Å². The lowest BCUT2D eigenvalue weighted by Crippen LogP contribution is -2.02. The van der Waals surface area contributed by atoms with E-state index in [2.05, 4.69) is 9.97 Å². The largest absolute Gasteiger partial charge is 0.443 e. The zero-order valence-corrected chi connectivity index (χ0v) is 9.70. The van der Waals surface area contributed by atoms with Crippen LogP contribution in [0.15, 0.2) is 18.5 Å². The summed E-state index contributed by atoms with van der Waals surface area (Å²) in [7, 11) is 0. The minimum Gasteiger partial charge on any atom is -0.383 e. The van der Waals surface area contributed by atoms with Gasteiger partial charge in [-0.3, -0.25) is 0 Å². The van der Waals surface area contributed by atoms with Crippen molar-refractivity contribution in [2.24, 2.45) is 0 Å². The molecule has 0 bridgehead atoms. The second kappa shape index (κ2) is 4.15. The molecule has 2 N–H and O–H groups in total. The molecule has 0 aliphatic rings. The Hall–Kier alpha value is -1.34. The van der Waals surface area contributed by atoms with Crippen LogP contribution in [-0.4, -0.2) is 9.97 Å². The highest BCUT2D eigenvalue weighted by Crippen LogP contribution is 2.38. The van der Waals surface area contributed by atoms with Gasteiger partial charge >= 0.3 is 6.18 Å². The number of thiazole rings is 1. The van der Waals surface area contributed by atoms with Crippen LogP contribution in [0, 0.1) is 0 Å². The molecule has 0 aromatic carbocycles.